The van der Waals surface area contributed by atoms with Crippen LogP contribution < -0.4 is 10.6 Å². The van der Waals surface area contributed by atoms with Crippen LogP contribution in [0.4, 0.5) is 10.5 Å². The Bertz CT molecular complexity index is 727. The molecule has 0 bridgehead atoms. The van der Waals surface area contributed by atoms with Gasteiger partial charge in [0.15, 0.2) is 0 Å². The summed E-state index contributed by atoms with van der Waals surface area (Å²) in [6.45, 7) is 5.64. The van der Waals surface area contributed by atoms with Crippen LogP contribution in [-0.2, 0) is 20.9 Å². The van der Waals surface area contributed by atoms with E-state index in [2.05, 4.69) is 10.6 Å². The van der Waals surface area contributed by atoms with E-state index in [9.17, 15) is 9.59 Å². The van der Waals surface area contributed by atoms with Gasteiger partial charge in [0.1, 0.15) is 11.6 Å². The molecule has 0 radical (unpaired) electrons. The Hall–Kier alpha value is -2.86. The first kappa shape index (κ1) is 20.5. The summed E-state index contributed by atoms with van der Waals surface area (Å²) in [4.78, 5) is 24.7. The van der Waals surface area contributed by atoms with Crippen LogP contribution >= 0.6 is 0 Å². The SMILES string of the molecule is CC(C)(C)OC(=O)N[C@@H](COCc1ccccc1)C(=O)Nc1ccccc1. The van der Waals surface area contributed by atoms with Crippen LogP contribution in [-0.4, -0.2) is 30.3 Å². The lowest BCUT2D eigenvalue weighted by molar-refractivity contribution is -0.119. The Morgan fingerprint density at radius 1 is 0.963 bits per heavy atom. The van der Waals surface area contributed by atoms with E-state index in [-0.39, 0.29) is 12.5 Å². The molecule has 0 saturated carbocycles. The van der Waals surface area contributed by atoms with Crippen LogP contribution in [0.15, 0.2) is 60.7 Å². The molecule has 2 aromatic carbocycles. The Balaban J connectivity index is 1.98. The van der Waals surface area contributed by atoms with Crippen molar-refractivity contribution < 1.29 is 19.1 Å². The van der Waals surface area contributed by atoms with Crippen LogP contribution in [0.2, 0.25) is 0 Å². The molecule has 2 N–H and O–H groups in total. The van der Waals surface area contributed by atoms with Crippen molar-refractivity contribution in [3.05, 3.63) is 66.2 Å². The standard InChI is InChI=1S/C21H26N2O4/c1-21(2,3)27-20(25)23-18(15-26-14-16-10-6-4-7-11-16)19(24)22-17-12-8-5-9-13-17/h4-13,18H,14-15H2,1-3H3,(H,22,24)(H,23,25)/t18-/m0/s1. The van der Waals surface area contributed by atoms with Gasteiger partial charge in [0.2, 0.25) is 5.91 Å². The molecular weight excluding hydrogens is 344 g/mol. The zero-order chi connectivity index (χ0) is 19.7. The number of amides is 2. The van der Waals surface area contributed by atoms with Gasteiger partial charge in [0.25, 0.3) is 0 Å². The molecule has 0 unspecified atom stereocenters. The molecule has 0 heterocycles. The number of rotatable bonds is 7. The van der Waals surface area contributed by atoms with Gasteiger partial charge in [-0.1, -0.05) is 48.5 Å². The quantitative estimate of drug-likeness (QED) is 0.778. The number of alkyl carbamates (subject to hydrolysis) is 1. The summed E-state index contributed by atoms with van der Waals surface area (Å²) in [7, 11) is 0. The van der Waals surface area contributed by atoms with Gasteiger partial charge in [0, 0.05) is 5.69 Å². The molecule has 0 aliphatic rings. The summed E-state index contributed by atoms with van der Waals surface area (Å²) in [6.07, 6.45) is -0.668. The number of carbonyl (C=O) groups excluding carboxylic acids is 2. The average Bonchev–Trinajstić information content (AvgIpc) is 2.61. The van der Waals surface area contributed by atoms with Gasteiger partial charge in [-0.2, -0.15) is 0 Å². The number of anilines is 1. The smallest absolute Gasteiger partial charge is 0.408 e. The van der Waals surface area contributed by atoms with Crippen molar-refractivity contribution in [2.24, 2.45) is 0 Å². The number of hydrogen-bond donors (Lipinski definition) is 2. The molecule has 0 aliphatic carbocycles. The number of nitrogens with one attached hydrogen (secondary N) is 2. The molecule has 2 aromatic rings. The van der Waals surface area contributed by atoms with E-state index < -0.39 is 17.7 Å². The highest BCUT2D eigenvalue weighted by molar-refractivity contribution is 5.96. The molecule has 2 amide bonds. The van der Waals surface area contributed by atoms with Crippen molar-refractivity contribution in [3.8, 4) is 0 Å². The first-order valence-electron chi connectivity index (χ1n) is 8.80. The van der Waals surface area contributed by atoms with Gasteiger partial charge in [-0.25, -0.2) is 4.79 Å². The Kier molecular flexibility index (Phi) is 7.37. The second-order valence-corrected chi connectivity index (χ2v) is 7.05. The summed E-state index contributed by atoms with van der Waals surface area (Å²) in [5.74, 6) is -0.375. The summed E-state index contributed by atoms with van der Waals surface area (Å²) < 4.78 is 10.9. The highest BCUT2D eigenvalue weighted by Crippen LogP contribution is 2.09. The van der Waals surface area contributed by atoms with E-state index >= 15 is 0 Å². The zero-order valence-electron chi connectivity index (χ0n) is 15.9. The molecule has 0 aromatic heterocycles. The van der Waals surface area contributed by atoms with Crippen molar-refractivity contribution in [3.63, 3.8) is 0 Å². The summed E-state index contributed by atoms with van der Waals surface area (Å²) >= 11 is 0. The fourth-order valence-corrected chi connectivity index (χ4v) is 2.25. The van der Waals surface area contributed by atoms with E-state index in [1.807, 2.05) is 48.5 Å². The number of para-hydroxylation sites is 1. The van der Waals surface area contributed by atoms with E-state index in [1.54, 1.807) is 32.9 Å². The van der Waals surface area contributed by atoms with Gasteiger partial charge >= 0.3 is 6.09 Å². The predicted octanol–water partition coefficient (Wildman–Crippen LogP) is 3.74. The molecule has 27 heavy (non-hydrogen) atoms. The minimum atomic E-state index is -0.885. The van der Waals surface area contributed by atoms with Gasteiger partial charge in [-0.3, -0.25) is 4.79 Å². The minimum Gasteiger partial charge on any atom is -0.444 e. The lowest BCUT2D eigenvalue weighted by Crippen LogP contribution is -2.48. The molecule has 1 atom stereocenters. The summed E-state index contributed by atoms with van der Waals surface area (Å²) in [5, 5.41) is 5.35. The predicted molar refractivity (Wildman–Crippen MR) is 104 cm³/mol. The lowest BCUT2D eigenvalue weighted by atomic mass is 10.2. The Labute approximate surface area is 159 Å². The van der Waals surface area contributed by atoms with Crippen LogP contribution in [0.25, 0.3) is 0 Å². The second-order valence-electron chi connectivity index (χ2n) is 7.05. The average molecular weight is 370 g/mol. The number of ether oxygens (including phenoxy) is 2. The molecule has 0 saturated heterocycles. The van der Waals surface area contributed by atoms with Gasteiger partial charge in [-0.15, -0.1) is 0 Å². The van der Waals surface area contributed by atoms with Crippen LogP contribution in [0.3, 0.4) is 0 Å². The molecule has 6 nitrogen and oxygen atoms in total. The third kappa shape index (κ3) is 7.92. The summed E-state index contributed by atoms with van der Waals surface area (Å²) in [6, 6.07) is 17.8. The van der Waals surface area contributed by atoms with Crippen LogP contribution in [0.5, 0.6) is 0 Å². The maximum absolute atomic E-state index is 12.6. The first-order valence-corrected chi connectivity index (χ1v) is 8.80. The molecule has 144 valence electrons. The maximum atomic E-state index is 12.6. The topological polar surface area (TPSA) is 76.7 Å². The van der Waals surface area contributed by atoms with Crippen LogP contribution in [0.1, 0.15) is 26.3 Å². The molecule has 0 aliphatic heterocycles. The molecule has 0 spiro atoms. The highest BCUT2D eigenvalue weighted by atomic mass is 16.6. The normalized spacial score (nSPS) is 12.1. The second kappa shape index (κ2) is 9.73. The molecule has 2 rings (SSSR count). The molecule has 6 heteroatoms. The highest BCUT2D eigenvalue weighted by Gasteiger charge is 2.24. The molecular formula is C21H26N2O4. The number of carbonyl (C=O) groups is 2. The van der Waals surface area contributed by atoms with Crippen molar-refractivity contribution in [1.29, 1.82) is 0 Å². The van der Waals surface area contributed by atoms with Crippen molar-refractivity contribution in [1.82, 2.24) is 5.32 Å². The van der Waals surface area contributed by atoms with Crippen molar-refractivity contribution in [2.75, 3.05) is 11.9 Å². The van der Waals surface area contributed by atoms with Crippen molar-refractivity contribution in [2.45, 2.75) is 39.0 Å². The van der Waals surface area contributed by atoms with E-state index in [0.717, 1.165) is 5.56 Å². The first-order chi connectivity index (χ1) is 12.8. The Morgan fingerprint density at radius 2 is 1.56 bits per heavy atom. The number of benzene rings is 2. The third-order valence-corrected chi connectivity index (χ3v) is 3.44. The summed E-state index contributed by atoms with van der Waals surface area (Å²) in [5.41, 5.74) is 0.966. The minimum absolute atomic E-state index is 0.0206. The van der Waals surface area contributed by atoms with Crippen molar-refractivity contribution >= 4 is 17.7 Å². The van der Waals surface area contributed by atoms with E-state index in [0.29, 0.717) is 12.3 Å². The fraction of sp³-hybridized carbons (Fsp3) is 0.333. The van der Waals surface area contributed by atoms with Gasteiger partial charge < -0.3 is 20.1 Å². The zero-order valence-corrected chi connectivity index (χ0v) is 15.9. The largest absolute Gasteiger partial charge is 0.444 e. The van der Waals surface area contributed by atoms with Gasteiger partial charge in [-0.05, 0) is 38.5 Å². The Morgan fingerprint density at radius 3 is 2.15 bits per heavy atom. The monoisotopic (exact) mass is 370 g/mol. The van der Waals surface area contributed by atoms with Gasteiger partial charge in [0.05, 0.1) is 13.2 Å². The van der Waals surface area contributed by atoms with E-state index in [4.69, 9.17) is 9.47 Å². The maximum Gasteiger partial charge on any atom is 0.408 e. The fourth-order valence-electron chi connectivity index (χ4n) is 2.25. The number of hydrogen-bond acceptors (Lipinski definition) is 4. The van der Waals surface area contributed by atoms with E-state index in [1.165, 1.54) is 0 Å². The third-order valence-electron chi connectivity index (χ3n) is 3.44. The lowest BCUT2D eigenvalue weighted by Gasteiger charge is -2.23. The van der Waals surface area contributed by atoms with Crippen LogP contribution in [0, 0.1) is 0 Å². The molecule has 0 fully saturated rings.